The zero-order valence-electron chi connectivity index (χ0n) is 11.4. The van der Waals surface area contributed by atoms with Crippen LogP contribution >= 0.6 is 0 Å². The maximum absolute atomic E-state index is 13.1. The van der Waals surface area contributed by atoms with Gasteiger partial charge < -0.3 is 15.2 Å². The third-order valence-corrected chi connectivity index (χ3v) is 2.49. The maximum atomic E-state index is 13.1. The summed E-state index contributed by atoms with van der Waals surface area (Å²) in [6.45, 7) is 5.89. The Labute approximate surface area is 112 Å². The summed E-state index contributed by atoms with van der Waals surface area (Å²) in [6, 6.07) is 3.85. The number of hydrogen-bond acceptors (Lipinski definition) is 3. The number of aliphatic hydroxyl groups is 1. The minimum atomic E-state index is -0.783. The van der Waals surface area contributed by atoms with Crippen LogP contribution in [0.2, 0.25) is 0 Å². The van der Waals surface area contributed by atoms with Gasteiger partial charge in [0, 0.05) is 18.2 Å². The van der Waals surface area contributed by atoms with Crippen LogP contribution < -0.4 is 10.1 Å². The second-order valence-corrected chi connectivity index (χ2v) is 4.84. The molecule has 2 N–H and O–H groups in total. The normalized spacial score (nSPS) is 12.3. The molecule has 4 nitrogen and oxygen atoms in total. The monoisotopic (exact) mass is 269 g/mol. The number of benzene rings is 1. The molecule has 1 aromatic carbocycles. The van der Waals surface area contributed by atoms with Gasteiger partial charge in [-0.25, -0.2) is 4.39 Å². The van der Waals surface area contributed by atoms with Gasteiger partial charge in [0.25, 0.3) is 5.91 Å². The van der Waals surface area contributed by atoms with Crippen molar-refractivity contribution in [2.45, 2.75) is 26.9 Å². The molecule has 1 rings (SSSR count). The molecular weight excluding hydrogens is 249 g/mol. The molecule has 0 aliphatic carbocycles. The fourth-order valence-corrected chi connectivity index (χ4v) is 1.49. The summed E-state index contributed by atoms with van der Waals surface area (Å²) in [5.74, 6) is -0.197. The van der Waals surface area contributed by atoms with Crippen molar-refractivity contribution in [1.29, 1.82) is 0 Å². The number of aliphatic hydroxyl groups excluding tert-OH is 1. The van der Waals surface area contributed by atoms with E-state index in [1.165, 1.54) is 12.1 Å². The van der Waals surface area contributed by atoms with Crippen molar-refractivity contribution >= 4 is 5.91 Å². The molecule has 0 fully saturated rings. The highest BCUT2D eigenvalue weighted by Gasteiger charge is 2.12. The predicted molar refractivity (Wildman–Crippen MR) is 70.4 cm³/mol. The topological polar surface area (TPSA) is 58.6 Å². The van der Waals surface area contributed by atoms with Crippen molar-refractivity contribution in [3.63, 3.8) is 0 Å². The van der Waals surface area contributed by atoms with E-state index in [1.54, 1.807) is 6.92 Å². The fourth-order valence-electron chi connectivity index (χ4n) is 1.49. The zero-order chi connectivity index (χ0) is 14.4. The van der Waals surface area contributed by atoms with E-state index in [2.05, 4.69) is 5.32 Å². The van der Waals surface area contributed by atoms with Crippen LogP contribution in [0.5, 0.6) is 5.75 Å². The number of carbonyl (C=O) groups excluding carboxylic acids is 1. The lowest BCUT2D eigenvalue weighted by Gasteiger charge is -2.14. The molecule has 0 saturated heterocycles. The van der Waals surface area contributed by atoms with E-state index in [0.717, 1.165) is 6.07 Å². The summed E-state index contributed by atoms with van der Waals surface area (Å²) in [7, 11) is 0. The summed E-state index contributed by atoms with van der Waals surface area (Å²) in [4.78, 5) is 11.5. The maximum Gasteiger partial charge on any atom is 0.257 e. The summed E-state index contributed by atoms with van der Waals surface area (Å²) >= 11 is 0. The molecule has 0 radical (unpaired) electrons. The number of ether oxygens (including phenoxy) is 1. The van der Waals surface area contributed by atoms with Gasteiger partial charge in [-0.3, -0.25) is 4.79 Å². The molecule has 0 aliphatic heterocycles. The molecule has 0 saturated carbocycles. The average molecular weight is 269 g/mol. The van der Waals surface area contributed by atoms with Crippen molar-refractivity contribution in [3.05, 3.63) is 29.6 Å². The van der Waals surface area contributed by atoms with E-state index in [4.69, 9.17) is 4.74 Å². The van der Waals surface area contributed by atoms with Gasteiger partial charge >= 0.3 is 0 Å². The summed E-state index contributed by atoms with van der Waals surface area (Å²) in [5, 5.41) is 12.2. The highest BCUT2D eigenvalue weighted by atomic mass is 19.1. The van der Waals surface area contributed by atoms with Crippen LogP contribution in [0.15, 0.2) is 18.2 Å². The molecular formula is C14H20FNO3. The van der Waals surface area contributed by atoms with E-state index in [1.807, 2.05) is 13.8 Å². The molecule has 5 heteroatoms. The van der Waals surface area contributed by atoms with E-state index < -0.39 is 11.9 Å². The van der Waals surface area contributed by atoms with Gasteiger partial charge in [-0.2, -0.15) is 0 Å². The lowest BCUT2D eigenvalue weighted by atomic mass is 10.1. The molecule has 0 unspecified atom stereocenters. The Morgan fingerprint density at radius 3 is 2.68 bits per heavy atom. The van der Waals surface area contributed by atoms with Gasteiger partial charge in [0.2, 0.25) is 0 Å². The highest BCUT2D eigenvalue weighted by Crippen LogP contribution is 2.25. The van der Waals surface area contributed by atoms with Gasteiger partial charge in [0.05, 0.1) is 6.10 Å². The van der Waals surface area contributed by atoms with Crippen molar-refractivity contribution in [2.24, 2.45) is 5.92 Å². The van der Waals surface area contributed by atoms with Crippen LogP contribution in [0.1, 0.15) is 32.4 Å². The van der Waals surface area contributed by atoms with Crippen molar-refractivity contribution in [3.8, 4) is 5.75 Å². The second-order valence-electron chi connectivity index (χ2n) is 4.84. The van der Waals surface area contributed by atoms with Gasteiger partial charge in [0.1, 0.15) is 11.6 Å². The first-order valence-electron chi connectivity index (χ1n) is 6.27. The number of rotatable bonds is 6. The van der Waals surface area contributed by atoms with Gasteiger partial charge in [-0.15, -0.1) is 0 Å². The Hall–Kier alpha value is -1.62. The smallest absolute Gasteiger partial charge is 0.257 e. The Kier molecular flexibility index (Phi) is 5.76. The van der Waals surface area contributed by atoms with Crippen LogP contribution in [0.4, 0.5) is 4.39 Å². The quantitative estimate of drug-likeness (QED) is 0.830. The molecule has 1 atom stereocenters. The van der Waals surface area contributed by atoms with Crippen LogP contribution in [0.3, 0.4) is 0 Å². The molecule has 0 bridgehead atoms. The Morgan fingerprint density at radius 2 is 2.11 bits per heavy atom. The minimum Gasteiger partial charge on any atom is -0.483 e. The Bertz CT molecular complexity index is 433. The first kappa shape index (κ1) is 15.4. The molecule has 0 heterocycles. The summed E-state index contributed by atoms with van der Waals surface area (Å²) in [5.41, 5.74) is 0.457. The first-order valence-corrected chi connectivity index (χ1v) is 6.27. The summed E-state index contributed by atoms with van der Waals surface area (Å²) in [6.07, 6.45) is -0.783. The van der Waals surface area contributed by atoms with E-state index >= 15 is 0 Å². The zero-order valence-corrected chi connectivity index (χ0v) is 11.4. The Balaban J connectivity index is 2.61. The van der Waals surface area contributed by atoms with Gasteiger partial charge in [-0.1, -0.05) is 13.8 Å². The highest BCUT2D eigenvalue weighted by molar-refractivity contribution is 5.77. The van der Waals surface area contributed by atoms with E-state index in [-0.39, 0.29) is 18.3 Å². The Morgan fingerprint density at radius 1 is 1.42 bits per heavy atom. The van der Waals surface area contributed by atoms with Crippen molar-refractivity contribution in [1.82, 2.24) is 5.32 Å². The molecule has 1 amide bonds. The third-order valence-electron chi connectivity index (χ3n) is 2.49. The third kappa shape index (κ3) is 5.26. The van der Waals surface area contributed by atoms with Crippen LogP contribution in [0, 0.1) is 11.7 Å². The number of amides is 1. The number of nitrogens with one attached hydrogen (secondary N) is 1. The molecule has 19 heavy (non-hydrogen) atoms. The molecule has 1 aromatic rings. The van der Waals surface area contributed by atoms with Crippen molar-refractivity contribution < 1.29 is 19.0 Å². The molecule has 0 aromatic heterocycles. The minimum absolute atomic E-state index is 0.190. The van der Waals surface area contributed by atoms with Crippen molar-refractivity contribution in [2.75, 3.05) is 13.2 Å². The van der Waals surface area contributed by atoms with Gasteiger partial charge in [0.15, 0.2) is 6.61 Å². The number of hydrogen-bond donors (Lipinski definition) is 2. The fraction of sp³-hybridized carbons (Fsp3) is 0.500. The lowest BCUT2D eigenvalue weighted by molar-refractivity contribution is -0.123. The largest absolute Gasteiger partial charge is 0.483 e. The van der Waals surface area contributed by atoms with Crippen LogP contribution in [0.25, 0.3) is 0 Å². The SMILES string of the molecule is CC(C)CNC(=O)COc1cc(F)ccc1[C@@H](C)O. The van der Waals surface area contributed by atoms with Crippen LogP contribution in [-0.2, 0) is 4.79 Å². The number of carbonyl (C=O) groups is 1. The predicted octanol–water partition coefficient (Wildman–Crippen LogP) is 2.03. The second kappa shape index (κ2) is 7.09. The molecule has 106 valence electrons. The molecule has 0 spiro atoms. The lowest BCUT2D eigenvalue weighted by Crippen LogP contribution is -2.31. The summed E-state index contributed by atoms with van der Waals surface area (Å²) < 4.78 is 18.4. The number of halogens is 1. The van der Waals surface area contributed by atoms with E-state index in [9.17, 15) is 14.3 Å². The van der Waals surface area contributed by atoms with E-state index in [0.29, 0.717) is 18.0 Å². The standard InChI is InChI=1S/C14H20FNO3/c1-9(2)7-16-14(18)8-19-13-6-11(15)4-5-12(13)10(3)17/h4-6,9-10,17H,7-8H2,1-3H3,(H,16,18)/t10-/m1/s1. The molecule has 0 aliphatic rings. The van der Waals surface area contributed by atoms with Gasteiger partial charge in [-0.05, 0) is 25.0 Å². The van der Waals surface area contributed by atoms with Crippen LogP contribution in [-0.4, -0.2) is 24.2 Å². The average Bonchev–Trinajstić information content (AvgIpc) is 2.33. The first-order chi connectivity index (χ1) is 8.90.